The van der Waals surface area contributed by atoms with Gasteiger partial charge >= 0.3 is 0 Å². The summed E-state index contributed by atoms with van der Waals surface area (Å²) < 4.78 is 0. The van der Waals surface area contributed by atoms with Crippen molar-refractivity contribution < 1.29 is 0 Å². The average molecular weight is 275 g/mol. The molecular weight excluding hydrogens is 242 g/mol. The second kappa shape index (κ2) is 8.46. The number of nitrogens with one attached hydrogen (secondary N) is 1. The normalized spacial score (nSPS) is 15.1. The van der Waals surface area contributed by atoms with E-state index in [1.807, 2.05) is 0 Å². The third-order valence-electron chi connectivity index (χ3n) is 4.94. The Kier molecular flexibility index (Phi) is 7.29. The Morgan fingerprint density at radius 1 is 1.00 bits per heavy atom. The van der Waals surface area contributed by atoms with Crippen molar-refractivity contribution >= 4 is 0 Å². The SMILES string of the molecule is CCCC(C)C(NCC)C(CC)(CC)c1ccccc1. The first-order chi connectivity index (χ1) is 9.66. The molecule has 1 nitrogen and oxygen atoms in total. The smallest absolute Gasteiger partial charge is 0.0189 e. The van der Waals surface area contributed by atoms with Gasteiger partial charge in [-0.3, -0.25) is 0 Å². The van der Waals surface area contributed by atoms with Crippen LogP contribution in [0.5, 0.6) is 0 Å². The molecule has 0 heterocycles. The van der Waals surface area contributed by atoms with Gasteiger partial charge in [0.15, 0.2) is 0 Å². The van der Waals surface area contributed by atoms with Crippen LogP contribution in [0.1, 0.15) is 65.9 Å². The van der Waals surface area contributed by atoms with E-state index in [4.69, 9.17) is 0 Å². The van der Waals surface area contributed by atoms with Crippen molar-refractivity contribution in [1.82, 2.24) is 5.32 Å². The largest absolute Gasteiger partial charge is 0.313 e. The van der Waals surface area contributed by atoms with Crippen molar-refractivity contribution in [2.75, 3.05) is 6.54 Å². The zero-order valence-corrected chi connectivity index (χ0v) is 14.1. The zero-order valence-electron chi connectivity index (χ0n) is 14.1. The van der Waals surface area contributed by atoms with Crippen molar-refractivity contribution in [2.24, 2.45) is 5.92 Å². The van der Waals surface area contributed by atoms with Gasteiger partial charge in [0.05, 0.1) is 0 Å². The fourth-order valence-electron chi connectivity index (χ4n) is 3.83. The van der Waals surface area contributed by atoms with Crippen molar-refractivity contribution in [3.8, 4) is 0 Å². The molecule has 2 unspecified atom stereocenters. The molecule has 0 saturated heterocycles. The van der Waals surface area contributed by atoms with Gasteiger partial charge in [0.1, 0.15) is 0 Å². The van der Waals surface area contributed by atoms with Crippen LogP contribution in [0.15, 0.2) is 30.3 Å². The minimum Gasteiger partial charge on any atom is -0.313 e. The van der Waals surface area contributed by atoms with E-state index in [-0.39, 0.29) is 5.41 Å². The van der Waals surface area contributed by atoms with Crippen LogP contribution in [0.3, 0.4) is 0 Å². The maximum absolute atomic E-state index is 3.81. The number of likely N-dealkylation sites (N-methyl/N-ethyl adjacent to an activating group) is 1. The van der Waals surface area contributed by atoms with Gasteiger partial charge in [0.2, 0.25) is 0 Å². The van der Waals surface area contributed by atoms with Gasteiger partial charge in [-0.15, -0.1) is 0 Å². The highest BCUT2D eigenvalue weighted by molar-refractivity contribution is 5.28. The molecule has 0 saturated carbocycles. The molecule has 0 aliphatic rings. The second-order valence-electron chi connectivity index (χ2n) is 6.03. The van der Waals surface area contributed by atoms with Gasteiger partial charge < -0.3 is 5.32 Å². The zero-order chi connectivity index (χ0) is 15.0. The molecule has 20 heavy (non-hydrogen) atoms. The van der Waals surface area contributed by atoms with Crippen LogP contribution in [0.25, 0.3) is 0 Å². The van der Waals surface area contributed by atoms with Gasteiger partial charge in [0.25, 0.3) is 0 Å². The molecule has 2 atom stereocenters. The molecule has 0 aliphatic heterocycles. The summed E-state index contributed by atoms with van der Waals surface area (Å²) in [6.07, 6.45) is 4.95. The predicted octanol–water partition coefficient (Wildman–Crippen LogP) is 5.16. The Bertz CT molecular complexity index is 353. The molecule has 0 radical (unpaired) electrons. The lowest BCUT2D eigenvalue weighted by Crippen LogP contribution is -2.51. The summed E-state index contributed by atoms with van der Waals surface area (Å²) in [6, 6.07) is 11.7. The van der Waals surface area contributed by atoms with Crippen molar-refractivity contribution in [3.63, 3.8) is 0 Å². The van der Waals surface area contributed by atoms with Gasteiger partial charge in [-0.1, -0.05) is 71.4 Å². The molecule has 0 aliphatic carbocycles. The molecule has 0 bridgehead atoms. The maximum Gasteiger partial charge on any atom is 0.0189 e. The first kappa shape index (κ1) is 17.2. The van der Waals surface area contributed by atoms with Crippen molar-refractivity contribution in [2.45, 2.75) is 71.8 Å². The van der Waals surface area contributed by atoms with E-state index in [0.717, 1.165) is 6.54 Å². The number of rotatable bonds is 9. The molecule has 0 aromatic heterocycles. The lowest BCUT2D eigenvalue weighted by molar-refractivity contribution is 0.203. The molecule has 1 N–H and O–H groups in total. The minimum absolute atomic E-state index is 0.256. The summed E-state index contributed by atoms with van der Waals surface area (Å²) in [7, 11) is 0. The van der Waals surface area contributed by atoms with E-state index in [9.17, 15) is 0 Å². The van der Waals surface area contributed by atoms with Gasteiger partial charge in [-0.25, -0.2) is 0 Å². The van der Waals surface area contributed by atoms with E-state index >= 15 is 0 Å². The van der Waals surface area contributed by atoms with Gasteiger partial charge in [0, 0.05) is 11.5 Å². The van der Waals surface area contributed by atoms with E-state index < -0.39 is 0 Å². The summed E-state index contributed by atoms with van der Waals surface area (Å²) in [5.74, 6) is 0.708. The molecule has 0 amide bonds. The molecule has 1 aromatic carbocycles. The van der Waals surface area contributed by atoms with E-state index in [2.05, 4.69) is 70.3 Å². The van der Waals surface area contributed by atoms with Crippen LogP contribution in [-0.4, -0.2) is 12.6 Å². The molecule has 0 spiro atoms. The average Bonchev–Trinajstić information content (AvgIpc) is 2.49. The first-order valence-corrected chi connectivity index (χ1v) is 8.45. The molecule has 1 aromatic rings. The lowest BCUT2D eigenvalue weighted by Gasteiger charge is -2.44. The molecule has 0 fully saturated rings. The van der Waals surface area contributed by atoms with E-state index in [1.54, 1.807) is 0 Å². The number of hydrogen-bond donors (Lipinski definition) is 1. The quantitative estimate of drug-likeness (QED) is 0.656. The Morgan fingerprint density at radius 2 is 1.60 bits per heavy atom. The van der Waals surface area contributed by atoms with Crippen molar-refractivity contribution in [1.29, 1.82) is 0 Å². The second-order valence-corrected chi connectivity index (χ2v) is 6.03. The van der Waals surface area contributed by atoms with Crippen LogP contribution in [0, 0.1) is 5.92 Å². The van der Waals surface area contributed by atoms with Crippen molar-refractivity contribution in [3.05, 3.63) is 35.9 Å². The summed E-state index contributed by atoms with van der Waals surface area (Å²) in [5.41, 5.74) is 1.75. The summed E-state index contributed by atoms with van der Waals surface area (Å²) >= 11 is 0. The van der Waals surface area contributed by atoms with Gasteiger partial charge in [-0.05, 0) is 37.3 Å². The highest BCUT2D eigenvalue weighted by atomic mass is 14.9. The third kappa shape index (κ3) is 3.63. The Labute approximate surface area is 126 Å². The fourth-order valence-corrected chi connectivity index (χ4v) is 3.83. The van der Waals surface area contributed by atoms with Crippen LogP contribution in [-0.2, 0) is 5.41 Å². The highest BCUT2D eigenvalue weighted by Crippen LogP contribution is 2.39. The summed E-state index contributed by atoms with van der Waals surface area (Å²) in [4.78, 5) is 0. The standard InChI is InChI=1S/C19H33N/c1-6-13-16(5)18(20-9-4)19(7-2,8-3)17-14-11-10-12-15-17/h10-12,14-16,18,20H,6-9,13H2,1-5H3. The molecule has 1 rings (SSSR count). The number of hydrogen-bond acceptors (Lipinski definition) is 1. The summed E-state index contributed by atoms with van der Waals surface area (Å²) in [5, 5.41) is 3.81. The Hall–Kier alpha value is -0.820. The van der Waals surface area contributed by atoms with E-state index in [1.165, 1.54) is 31.2 Å². The predicted molar refractivity (Wildman–Crippen MR) is 90.2 cm³/mol. The molecule has 1 heteroatoms. The summed E-state index contributed by atoms with van der Waals surface area (Å²) in [6.45, 7) is 12.7. The Morgan fingerprint density at radius 3 is 2.05 bits per heavy atom. The maximum atomic E-state index is 3.81. The number of benzene rings is 1. The van der Waals surface area contributed by atoms with Crippen LogP contribution in [0.2, 0.25) is 0 Å². The van der Waals surface area contributed by atoms with Crippen LogP contribution >= 0.6 is 0 Å². The van der Waals surface area contributed by atoms with Crippen LogP contribution in [0.4, 0.5) is 0 Å². The van der Waals surface area contributed by atoms with E-state index in [0.29, 0.717) is 12.0 Å². The first-order valence-electron chi connectivity index (χ1n) is 8.45. The molecular formula is C19H33N. The Balaban J connectivity index is 3.19. The lowest BCUT2D eigenvalue weighted by atomic mass is 9.66. The highest BCUT2D eigenvalue weighted by Gasteiger charge is 2.39. The van der Waals surface area contributed by atoms with Gasteiger partial charge in [-0.2, -0.15) is 0 Å². The minimum atomic E-state index is 0.256. The fraction of sp³-hybridized carbons (Fsp3) is 0.684. The van der Waals surface area contributed by atoms with Crippen LogP contribution < -0.4 is 5.32 Å². The third-order valence-corrected chi connectivity index (χ3v) is 4.94. The topological polar surface area (TPSA) is 12.0 Å². The molecule has 114 valence electrons. The monoisotopic (exact) mass is 275 g/mol.